The van der Waals surface area contributed by atoms with E-state index < -0.39 is 5.97 Å². The first-order chi connectivity index (χ1) is 8.61. The summed E-state index contributed by atoms with van der Waals surface area (Å²) in [7, 11) is 1.54. The van der Waals surface area contributed by atoms with Gasteiger partial charge in [0, 0.05) is 7.05 Å². The summed E-state index contributed by atoms with van der Waals surface area (Å²) in [6.45, 7) is 0. The first-order valence-corrected chi connectivity index (χ1v) is 5.29. The number of aromatic carboxylic acids is 1. The lowest BCUT2D eigenvalue weighted by molar-refractivity contribution is 0.0693. The smallest absolute Gasteiger partial charge is 0.358 e. The molecule has 0 unspecified atom stereocenters. The molecule has 0 atom stereocenters. The van der Waals surface area contributed by atoms with Crippen molar-refractivity contribution in [2.75, 3.05) is 0 Å². The Labute approximate surface area is 101 Å². The number of benzene rings is 1. The SMILES string of the molecule is Cn1c(=O)c2ccccc2n2cnc(C(=O)O)c12. The third kappa shape index (κ3) is 1.20. The van der Waals surface area contributed by atoms with Gasteiger partial charge in [0.15, 0.2) is 11.3 Å². The fraction of sp³-hybridized carbons (Fsp3) is 0.0833. The summed E-state index contributed by atoms with van der Waals surface area (Å²) in [6.07, 6.45) is 1.42. The number of imidazole rings is 1. The van der Waals surface area contributed by atoms with Crippen molar-refractivity contribution in [1.29, 1.82) is 0 Å². The van der Waals surface area contributed by atoms with Gasteiger partial charge in [-0.2, -0.15) is 0 Å². The molecule has 2 heterocycles. The Hall–Kier alpha value is -2.63. The molecule has 0 saturated heterocycles. The maximum Gasteiger partial charge on any atom is 0.358 e. The molecule has 90 valence electrons. The number of hydrogen-bond donors (Lipinski definition) is 1. The lowest BCUT2D eigenvalue weighted by atomic mass is 10.2. The molecule has 0 aliphatic heterocycles. The van der Waals surface area contributed by atoms with Crippen LogP contribution in [0, 0.1) is 0 Å². The summed E-state index contributed by atoms with van der Waals surface area (Å²) in [6, 6.07) is 7.03. The maximum absolute atomic E-state index is 12.1. The number of para-hydroxylation sites is 1. The molecule has 0 aliphatic rings. The maximum atomic E-state index is 12.1. The minimum Gasteiger partial charge on any atom is -0.476 e. The van der Waals surface area contributed by atoms with Gasteiger partial charge < -0.3 is 5.11 Å². The lowest BCUT2D eigenvalue weighted by Gasteiger charge is -2.06. The molecule has 0 radical (unpaired) electrons. The van der Waals surface area contributed by atoms with Crippen molar-refractivity contribution in [2.45, 2.75) is 0 Å². The third-order valence-electron chi connectivity index (χ3n) is 2.96. The van der Waals surface area contributed by atoms with Crippen LogP contribution < -0.4 is 5.56 Å². The van der Waals surface area contributed by atoms with Crippen molar-refractivity contribution in [2.24, 2.45) is 7.05 Å². The van der Waals surface area contributed by atoms with Gasteiger partial charge >= 0.3 is 5.97 Å². The van der Waals surface area contributed by atoms with Gasteiger partial charge in [0.2, 0.25) is 0 Å². The molecule has 0 bridgehead atoms. The standard InChI is InChI=1S/C12H9N3O3/c1-14-10-9(12(17)18)13-6-15(10)8-5-3-2-4-7(8)11(14)16/h2-6H,1H3,(H,17,18). The number of fused-ring (bicyclic) bond motifs is 3. The molecule has 3 aromatic rings. The van der Waals surface area contributed by atoms with Crippen molar-refractivity contribution in [3.8, 4) is 0 Å². The van der Waals surface area contributed by atoms with Crippen LogP contribution in [-0.2, 0) is 7.05 Å². The van der Waals surface area contributed by atoms with Crippen molar-refractivity contribution in [3.05, 3.63) is 46.6 Å². The van der Waals surface area contributed by atoms with Gasteiger partial charge in [-0.15, -0.1) is 0 Å². The van der Waals surface area contributed by atoms with Crippen LogP contribution in [0.25, 0.3) is 16.6 Å². The predicted octanol–water partition coefficient (Wildman–Crippen LogP) is 0.884. The second-order valence-electron chi connectivity index (χ2n) is 3.97. The summed E-state index contributed by atoms with van der Waals surface area (Å²) in [5.74, 6) is -1.15. The normalized spacial score (nSPS) is 11.2. The number of nitrogens with zero attached hydrogens (tertiary/aromatic N) is 3. The Morgan fingerprint density at radius 3 is 2.78 bits per heavy atom. The van der Waals surface area contributed by atoms with Gasteiger partial charge in [-0.1, -0.05) is 12.1 Å². The van der Waals surface area contributed by atoms with Crippen molar-refractivity contribution in [3.63, 3.8) is 0 Å². The zero-order valence-electron chi connectivity index (χ0n) is 9.49. The monoisotopic (exact) mass is 243 g/mol. The number of aryl methyl sites for hydroxylation is 1. The average molecular weight is 243 g/mol. The highest BCUT2D eigenvalue weighted by molar-refractivity contribution is 5.94. The molecule has 3 rings (SSSR count). The van der Waals surface area contributed by atoms with E-state index in [1.54, 1.807) is 28.7 Å². The quantitative estimate of drug-likeness (QED) is 0.688. The van der Waals surface area contributed by atoms with E-state index in [4.69, 9.17) is 5.11 Å². The van der Waals surface area contributed by atoms with E-state index in [0.717, 1.165) is 0 Å². The zero-order chi connectivity index (χ0) is 12.9. The second kappa shape index (κ2) is 3.43. The topological polar surface area (TPSA) is 76.6 Å². The highest BCUT2D eigenvalue weighted by atomic mass is 16.4. The Morgan fingerprint density at radius 1 is 1.33 bits per heavy atom. The summed E-state index contributed by atoms with van der Waals surface area (Å²) in [4.78, 5) is 27.1. The van der Waals surface area contributed by atoms with Crippen LogP contribution in [0.4, 0.5) is 0 Å². The molecule has 0 saturated carbocycles. The molecule has 0 amide bonds. The minimum atomic E-state index is -1.15. The number of aromatic nitrogens is 3. The zero-order valence-corrected chi connectivity index (χ0v) is 9.49. The highest BCUT2D eigenvalue weighted by Gasteiger charge is 2.17. The van der Waals surface area contributed by atoms with Crippen molar-refractivity contribution in [1.82, 2.24) is 14.0 Å². The van der Waals surface area contributed by atoms with E-state index >= 15 is 0 Å². The van der Waals surface area contributed by atoms with E-state index in [1.165, 1.54) is 17.9 Å². The average Bonchev–Trinajstić information content (AvgIpc) is 2.81. The molecule has 1 N–H and O–H groups in total. The van der Waals surface area contributed by atoms with Crippen molar-refractivity contribution >= 4 is 22.5 Å². The molecule has 0 spiro atoms. The molecule has 0 aliphatic carbocycles. The predicted molar refractivity (Wildman–Crippen MR) is 64.9 cm³/mol. The summed E-state index contributed by atoms with van der Waals surface area (Å²) >= 11 is 0. The Kier molecular flexibility index (Phi) is 2.00. The van der Waals surface area contributed by atoms with E-state index in [1.807, 2.05) is 0 Å². The first-order valence-electron chi connectivity index (χ1n) is 5.29. The van der Waals surface area contributed by atoms with Crippen LogP contribution in [0.1, 0.15) is 10.5 Å². The Balaban J connectivity index is 2.66. The molecule has 0 fully saturated rings. The number of carbonyl (C=O) groups is 1. The molecular weight excluding hydrogens is 234 g/mol. The summed E-state index contributed by atoms with van der Waals surface area (Å²) in [5.41, 5.74) is 0.572. The molecule has 6 nitrogen and oxygen atoms in total. The van der Waals surface area contributed by atoms with Crippen LogP contribution in [0.3, 0.4) is 0 Å². The number of hydrogen-bond acceptors (Lipinski definition) is 3. The number of carboxylic acid groups (broad SMARTS) is 1. The fourth-order valence-electron chi connectivity index (χ4n) is 2.13. The van der Waals surface area contributed by atoms with Crippen LogP contribution in [0.5, 0.6) is 0 Å². The second-order valence-corrected chi connectivity index (χ2v) is 3.97. The van der Waals surface area contributed by atoms with Gasteiger partial charge in [-0.25, -0.2) is 9.78 Å². The van der Waals surface area contributed by atoms with E-state index in [2.05, 4.69) is 4.98 Å². The molecular formula is C12H9N3O3. The Bertz CT molecular complexity index is 845. The number of rotatable bonds is 1. The largest absolute Gasteiger partial charge is 0.476 e. The van der Waals surface area contributed by atoms with Crippen LogP contribution in [0.2, 0.25) is 0 Å². The summed E-state index contributed by atoms with van der Waals surface area (Å²) in [5, 5.41) is 9.60. The van der Waals surface area contributed by atoms with Gasteiger partial charge in [-0.05, 0) is 12.1 Å². The third-order valence-corrected chi connectivity index (χ3v) is 2.96. The first kappa shape index (κ1) is 10.5. The Morgan fingerprint density at radius 2 is 2.06 bits per heavy atom. The summed E-state index contributed by atoms with van der Waals surface area (Å²) < 4.78 is 2.92. The van der Waals surface area contributed by atoms with Gasteiger partial charge in [0.1, 0.15) is 6.33 Å². The fourth-order valence-corrected chi connectivity index (χ4v) is 2.13. The van der Waals surface area contributed by atoms with E-state index in [-0.39, 0.29) is 16.9 Å². The van der Waals surface area contributed by atoms with Crippen LogP contribution >= 0.6 is 0 Å². The highest BCUT2D eigenvalue weighted by Crippen LogP contribution is 2.15. The van der Waals surface area contributed by atoms with Gasteiger partial charge in [-0.3, -0.25) is 13.8 Å². The van der Waals surface area contributed by atoms with E-state index in [9.17, 15) is 9.59 Å². The van der Waals surface area contributed by atoms with Gasteiger partial charge in [0.25, 0.3) is 5.56 Å². The van der Waals surface area contributed by atoms with Crippen LogP contribution in [0.15, 0.2) is 35.4 Å². The van der Waals surface area contributed by atoms with Gasteiger partial charge in [0.05, 0.1) is 10.9 Å². The molecule has 18 heavy (non-hydrogen) atoms. The lowest BCUT2D eigenvalue weighted by Crippen LogP contribution is -2.20. The molecule has 1 aromatic carbocycles. The number of carboxylic acids is 1. The molecule has 6 heteroatoms. The van der Waals surface area contributed by atoms with Crippen LogP contribution in [-0.4, -0.2) is 25.0 Å². The minimum absolute atomic E-state index is 0.125. The van der Waals surface area contributed by atoms with E-state index in [0.29, 0.717) is 10.9 Å². The molecule has 2 aromatic heterocycles. The van der Waals surface area contributed by atoms with Crippen molar-refractivity contribution < 1.29 is 9.90 Å².